The van der Waals surface area contributed by atoms with E-state index in [-0.39, 0.29) is 11.4 Å². The summed E-state index contributed by atoms with van der Waals surface area (Å²) in [7, 11) is 1.01. The minimum absolute atomic E-state index is 0.0310. The molecule has 0 aliphatic rings. The van der Waals surface area contributed by atoms with Crippen LogP contribution in [0.5, 0.6) is 0 Å². The Hall–Kier alpha value is -6.59. The number of hydrogen-bond donors (Lipinski definition) is 2. The van der Waals surface area contributed by atoms with Crippen molar-refractivity contribution in [2.45, 2.75) is 25.4 Å². The number of alkyl halides is 4. The number of ether oxygens (including phenoxy) is 10. The van der Waals surface area contributed by atoms with Gasteiger partial charge in [0.1, 0.15) is 46.2 Å². The molecule has 1 aromatic carbocycles. The number of carbonyl (C=O) groups excluding carboxylic acids is 7. The summed E-state index contributed by atoms with van der Waals surface area (Å²) in [6.45, 7) is 9.30. The molecule has 0 saturated carbocycles. The Balaban J connectivity index is 3.32. The minimum Gasteiger partial charge on any atom is -0.462 e. The molecular formula is C41H50F4N2O17. The molecule has 0 radical (unpaired) electrons. The van der Waals surface area contributed by atoms with Crippen LogP contribution in [0.4, 0.5) is 38.5 Å². The van der Waals surface area contributed by atoms with Crippen molar-refractivity contribution in [3.63, 3.8) is 0 Å². The van der Waals surface area contributed by atoms with Gasteiger partial charge in [-0.15, -0.1) is 0 Å². The zero-order valence-electron chi connectivity index (χ0n) is 35.1. The first kappa shape index (κ1) is 55.4. The summed E-state index contributed by atoms with van der Waals surface area (Å²) < 4.78 is 106. The zero-order chi connectivity index (χ0) is 48.4. The van der Waals surface area contributed by atoms with E-state index in [2.05, 4.69) is 57.7 Å². The first-order valence-corrected chi connectivity index (χ1v) is 18.5. The van der Waals surface area contributed by atoms with Crippen molar-refractivity contribution < 1.29 is 98.5 Å². The van der Waals surface area contributed by atoms with Gasteiger partial charge in [-0.25, -0.2) is 42.3 Å². The largest absolute Gasteiger partial charge is 0.462 e. The number of rotatable bonds is 31. The molecule has 0 bridgehead atoms. The van der Waals surface area contributed by atoms with Crippen LogP contribution in [0.1, 0.15) is 12.0 Å². The van der Waals surface area contributed by atoms with Crippen LogP contribution in [-0.4, -0.2) is 134 Å². The molecule has 1 rings (SSSR count). The summed E-state index contributed by atoms with van der Waals surface area (Å²) in [4.78, 5) is 86.1. The van der Waals surface area contributed by atoms with E-state index in [0.717, 1.165) is 37.5 Å². The topological polar surface area (TPSA) is 236 Å². The molecule has 0 atom stereocenters. The van der Waals surface area contributed by atoms with Crippen LogP contribution in [0, 0.1) is 17.8 Å². The minimum atomic E-state index is -4.12. The van der Waals surface area contributed by atoms with Crippen molar-refractivity contribution >= 4 is 53.4 Å². The smallest absolute Gasteiger partial charge is 0.411 e. The predicted octanol–water partition coefficient (Wildman–Crippen LogP) is 5.01. The van der Waals surface area contributed by atoms with Gasteiger partial charge in [0, 0.05) is 55.3 Å². The Morgan fingerprint density at radius 3 is 1.36 bits per heavy atom. The molecule has 0 aliphatic carbocycles. The third-order valence-electron chi connectivity index (χ3n) is 7.99. The average molecular weight is 919 g/mol. The Kier molecular flexibility index (Phi) is 23.8. The predicted molar refractivity (Wildman–Crippen MR) is 215 cm³/mol. The molecule has 23 heteroatoms. The molecule has 2 amide bonds. The lowest BCUT2D eigenvalue weighted by Gasteiger charge is -2.35. The molecular weight excluding hydrogens is 868 g/mol. The second-order valence-corrected chi connectivity index (χ2v) is 13.5. The van der Waals surface area contributed by atoms with E-state index in [0.29, 0.717) is 5.56 Å². The molecule has 0 aliphatic heterocycles. The molecule has 0 fully saturated rings. The summed E-state index contributed by atoms with van der Waals surface area (Å²) in [6.07, 6.45) is -3.68. The number of nitrogens with one attached hydrogen (secondary N) is 2. The Morgan fingerprint density at radius 1 is 0.562 bits per heavy atom. The van der Waals surface area contributed by atoms with Gasteiger partial charge in [0.05, 0.1) is 30.7 Å². The van der Waals surface area contributed by atoms with Gasteiger partial charge in [0.15, 0.2) is 6.61 Å². The van der Waals surface area contributed by atoms with Crippen LogP contribution in [0.25, 0.3) is 0 Å². The highest BCUT2D eigenvalue weighted by atomic mass is 19.3. The van der Waals surface area contributed by atoms with E-state index in [1.165, 1.54) is 25.1 Å². The number of anilines is 2. The number of hydrogen-bond acceptors (Lipinski definition) is 17. The molecule has 0 spiro atoms. The molecule has 0 unspecified atom stereocenters. The van der Waals surface area contributed by atoms with Crippen LogP contribution in [0.2, 0.25) is 0 Å². The Bertz CT molecular complexity index is 1750. The second kappa shape index (κ2) is 27.5. The molecule has 2 N–H and O–H groups in total. The van der Waals surface area contributed by atoms with Crippen molar-refractivity contribution in [1.29, 1.82) is 0 Å². The maximum atomic E-state index is 14.1. The average Bonchev–Trinajstić information content (AvgIpc) is 3.26. The van der Waals surface area contributed by atoms with E-state index in [1.807, 2.05) is 0 Å². The van der Waals surface area contributed by atoms with E-state index < -0.39 is 144 Å². The van der Waals surface area contributed by atoms with Crippen LogP contribution >= 0.6 is 0 Å². The van der Waals surface area contributed by atoms with Gasteiger partial charge in [-0.3, -0.25) is 10.6 Å². The van der Waals surface area contributed by atoms with Crippen molar-refractivity contribution in [1.82, 2.24) is 0 Å². The van der Waals surface area contributed by atoms with Gasteiger partial charge < -0.3 is 47.4 Å². The first-order chi connectivity index (χ1) is 30.1. The highest BCUT2D eigenvalue weighted by Gasteiger charge is 2.41. The van der Waals surface area contributed by atoms with Gasteiger partial charge in [-0.2, -0.15) is 8.78 Å². The van der Waals surface area contributed by atoms with Crippen molar-refractivity contribution in [3.05, 3.63) is 87.0 Å². The monoisotopic (exact) mass is 918 g/mol. The van der Waals surface area contributed by atoms with Crippen LogP contribution in [0.15, 0.2) is 81.5 Å². The van der Waals surface area contributed by atoms with Crippen LogP contribution in [-0.2, 0) is 71.3 Å². The van der Waals surface area contributed by atoms with E-state index >= 15 is 0 Å². The third-order valence-corrected chi connectivity index (χ3v) is 7.99. The number of amides is 2. The molecule has 0 saturated heterocycles. The Labute approximate surface area is 365 Å². The summed E-state index contributed by atoms with van der Waals surface area (Å²) >= 11 is 0. The number of carbonyl (C=O) groups is 7. The normalized spacial score (nSPS) is 11.4. The number of halogens is 4. The maximum absolute atomic E-state index is 14.1. The third kappa shape index (κ3) is 22.0. The highest BCUT2D eigenvalue weighted by Crippen LogP contribution is 2.28. The Morgan fingerprint density at radius 2 is 0.953 bits per heavy atom. The van der Waals surface area contributed by atoms with Crippen LogP contribution < -0.4 is 10.6 Å². The maximum Gasteiger partial charge on any atom is 0.411 e. The molecule has 1 aromatic rings. The van der Waals surface area contributed by atoms with Gasteiger partial charge in [-0.1, -0.05) is 39.0 Å². The molecule has 0 aromatic heterocycles. The van der Waals surface area contributed by atoms with E-state index in [9.17, 15) is 51.1 Å². The number of methoxy groups -OCH3 is 1. The van der Waals surface area contributed by atoms with Gasteiger partial charge in [0.25, 0.3) is 5.92 Å². The summed E-state index contributed by atoms with van der Waals surface area (Å²) in [5.74, 6) is -8.09. The number of benzene rings is 1. The first-order valence-electron chi connectivity index (χ1n) is 18.5. The van der Waals surface area contributed by atoms with Gasteiger partial charge in [0.2, 0.25) is 0 Å². The molecule has 19 nitrogen and oxygen atoms in total. The van der Waals surface area contributed by atoms with E-state index in [1.54, 1.807) is 0 Å². The fraction of sp³-hybridized carbons (Fsp3) is 0.439. The van der Waals surface area contributed by atoms with Crippen molar-refractivity contribution in [2.24, 2.45) is 10.8 Å². The van der Waals surface area contributed by atoms with Gasteiger partial charge in [-0.05, 0) is 24.6 Å². The fourth-order valence-corrected chi connectivity index (χ4v) is 4.58. The van der Waals surface area contributed by atoms with E-state index in [4.69, 9.17) is 33.2 Å². The summed E-state index contributed by atoms with van der Waals surface area (Å²) in [5.41, 5.74) is -3.11. The highest BCUT2D eigenvalue weighted by molar-refractivity contribution is 5.90. The lowest BCUT2D eigenvalue weighted by molar-refractivity contribution is -0.261. The van der Waals surface area contributed by atoms with Crippen molar-refractivity contribution in [2.75, 3.05) is 90.4 Å². The van der Waals surface area contributed by atoms with Crippen molar-refractivity contribution in [3.8, 4) is 0 Å². The lowest BCUT2D eigenvalue weighted by atomic mass is 9.90. The zero-order valence-corrected chi connectivity index (χ0v) is 35.1. The quantitative estimate of drug-likeness (QED) is 0.0431. The molecule has 64 heavy (non-hydrogen) atoms. The van der Waals surface area contributed by atoms with Gasteiger partial charge >= 0.3 is 48.1 Å². The fourth-order valence-electron chi connectivity index (χ4n) is 4.58. The lowest BCUT2D eigenvalue weighted by Crippen LogP contribution is -2.47. The SMILES string of the molecule is C=CC(=O)OCC(COCC(COC(=O)C=C)(COC(=O)C=C)COC(=O)Nc1ccc(C)c(NC(=O)OCC(F)(F)OCCC(F)(F)COC)c1)(COC(=O)C=C)COC(=O)C=C. The molecule has 0 heterocycles. The summed E-state index contributed by atoms with van der Waals surface area (Å²) in [5, 5.41) is 4.57. The number of esters is 5. The second-order valence-electron chi connectivity index (χ2n) is 13.5. The van der Waals surface area contributed by atoms with Crippen LogP contribution in [0.3, 0.4) is 0 Å². The standard InChI is InChI=1S/C41H50F4N2O17/c1-8-31(48)57-20-38(21-58-32(49)9-2,22-59-33(50)10-3)18-56-19-39(23-60-34(51)11-4,24-61-35(52)12-5)25-62-36(53)46-29-14-13-28(6)30(17-29)47-37(54)63-27-41(44,45)64-16-15-40(42,43)26-55-7/h8-14,17H,1-5,15-16,18-27H2,6-7H3,(H,46,53)(H,47,54). The number of aryl methyl sites for hydroxylation is 1. The molecule has 354 valence electrons. The summed E-state index contributed by atoms with van der Waals surface area (Å²) in [6, 6.07) is 3.96.